The number of halogens is 2. The fraction of sp³-hybridized carbons (Fsp3) is 0.259. The Kier molecular flexibility index (Phi) is 9.47. The van der Waals surface area contributed by atoms with E-state index < -0.39 is 0 Å². The van der Waals surface area contributed by atoms with Crippen LogP contribution in [0.25, 0.3) is 11.1 Å². The van der Waals surface area contributed by atoms with Crippen molar-refractivity contribution in [2.24, 2.45) is 0 Å². The lowest BCUT2D eigenvalue weighted by Crippen LogP contribution is -1.98. The molecular formula is C27H28BrIO. The van der Waals surface area contributed by atoms with Crippen molar-refractivity contribution in [3.63, 3.8) is 0 Å². The monoisotopic (exact) mass is 574 g/mol. The summed E-state index contributed by atoms with van der Waals surface area (Å²) in [6.07, 6.45) is 4.46. The van der Waals surface area contributed by atoms with E-state index in [0.717, 1.165) is 30.5 Å². The van der Waals surface area contributed by atoms with E-state index in [9.17, 15) is 0 Å². The van der Waals surface area contributed by atoms with Gasteiger partial charge in [0.05, 0.1) is 6.61 Å². The van der Waals surface area contributed by atoms with Gasteiger partial charge in [-0.15, -0.1) is 0 Å². The Morgan fingerprint density at radius 2 is 1.40 bits per heavy atom. The molecule has 0 spiro atoms. The predicted molar refractivity (Wildman–Crippen MR) is 141 cm³/mol. The van der Waals surface area contributed by atoms with E-state index in [1.807, 2.05) is 0 Å². The largest absolute Gasteiger partial charge is 0.494 e. The number of unbranched alkanes of at least 4 members (excludes halogenated alkanes) is 2. The molecule has 0 N–H and O–H groups in total. The van der Waals surface area contributed by atoms with Crippen LogP contribution in [-0.4, -0.2) is 11.9 Å². The zero-order chi connectivity index (χ0) is 21.2. The minimum absolute atomic E-state index is 0.774. The Hall–Kier alpha value is -1.59. The van der Waals surface area contributed by atoms with Crippen molar-refractivity contribution < 1.29 is 4.74 Å². The molecule has 0 amide bonds. The summed E-state index contributed by atoms with van der Waals surface area (Å²) in [4.78, 5) is 0. The summed E-state index contributed by atoms with van der Waals surface area (Å²) >= 11 is 5.84. The third-order valence-electron chi connectivity index (χ3n) is 5.10. The standard InChI is InChI=1S/C27H28BrIO/c1-2-26(21-9-5-3-6-10-21)27(22-11-15-24(29)16-12-22)23-13-17-25(18-14-23)30-20-8-4-7-19-28/h3,5-6,9-18H,2,4,7-8,19-20H2,1H3. The van der Waals surface area contributed by atoms with Crippen LogP contribution in [0.15, 0.2) is 78.9 Å². The van der Waals surface area contributed by atoms with Crippen LogP contribution in [-0.2, 0) is 0 Å². The number of benzene rings is 3. The van der Waals surface area contributed by atoms with E-state index in [0.29, 0.717) is 0 Å². The summed E-state index contributed by atoms with van der Waals surface area (Å²) in [7, 11) is 0. The minimum atomic E-state index is 0.774. The van der Waals surface area contributed by atoms with Crippen molar-refractivity contribution in [1.82, 2.24) is 0 Å². The summed E-state index contributed by atoms with van der Waals surface area (Å²) < 4.78 is 7.20. The molecule has 3 heteroatoms. The van der Waals surface area contributed by atoms with Crippen LogP contribution in [0.2, 0.25) is 0 Å². The van der Waals surface area contributed by atoms with Gasteiger partial charge >= 0.3 is 0 Å². The van der Waals surface area contributed by atoms with Crippen molar-refractivity contribution in [2.45, 2.75) is 32.6 Å². The van der Waals surface area contributed by atoms with Crippen LogP contribution in [0.1, 0.15) is 49.3 Å². The highest BCUT2D eigenvalue weighted by Gasteiger charge is 2.13. The third kappa shape index (κ3) is 6.45. The van der Waals surface area contributed by atoms with Gasteiger partial charge in [0.1, 0.15) is 5.75 Å². The molecule has 0 fully saturated rings. The van der Waals surface area contributed by atoms with Crippen LogP contribution in [0.5, 0.6) is 5.75 Å². The normalized spacial score (nSPS) is 11.8. The molecule has 3 rings (SSSR count). The molecule has 0 aromatic heterocycles. The van der Waals surface area contributed by atoms with E-state index in [1.54, 1.807) is 0 Å². The highest BCUT2D eigenvalue weighted by Crippen LogP contribution is 2.35. The smallest absolute Gasteiger partial charge is 0.119 e. The molecular weight excluding hydrogens is 547 g/mol. The quantitative estimate of drug-likeness (QED) is 0.102. The van der Waals surface area contributed by atoms with Gasteiger partial charge in [0.15, 0.2) is 0 Å². The molecule has 0 bridgehead atoms. The Balaban J connectivity index is 1.93. The summed E-state index contributed by atoms with van der Waals surface area (Å²) in [6, 6.07) is 28.1. The fourth-order valence-electron chi connectivity index (χ4n) is 3.58. The van der Waals surface area contributed by atoms with Gasteiger partial charge in [-0.05, 0) is 100 Å². The van der Waals surface area contributed by atoms with Gasteiger partial charge in [0.2, 0.25) is 0 Å². The van der Waals surface area contributed by atoms with E-state index in [2.05, 4.69) is 124 Å². The van der Waals surface area contributed by atoms with E-state index in [1.165, 1.54) is 44.2 Å². The second-order valence-electron chi connectivity index (χ2n) is 7.20. The number of alkyl halides is 1. The molecule has 30 heavy (non-hydrogen) atoms. The van der Waals surface area contributed by atoms with Gasteiger partial charge in [0.25, 0.3) is 0 Å². The maximum absolute atomic E-state index is 5.95. The predicted octanol–water partition coefficient (Wildman–Crippen LogP) is 8.60. The van der Waals surface area contributed by atoms with Crippen LogP contribution in [0.4, 0.5) is 0 Å². The van der Waals surface area contributed by atoms with Crippen molar-refractivity contribution >= 4 is 49.7 Å². The molecule has 3 aromatic rings. The highest BCUT2D eigenvalue weighted by atomic mass is 127. The molecule has 0 saturated carbocycles. The maximum atomic E-state index is 5.95. The lowest BCUT2D eigenvalue weighted by molar-refractivity contribution is 0.306. The average molecular weight is 575 g/mol. The Bertz CT molecular complexity index is 931. The molecule has 0 saturated heterocycles. The first kappa shape index (κ1) is 23.1. The first-order valence-corrected chi connectivity index (χ1v) is 12.8. The first-order valence-electron chi connectivity index (χ1n) is 10.6. The van der Waals surface area contributed by atoms with Gasteiger partial charge < -0.3 is 4.74 Å². The molecule has 156 valence electrons. The maximum Gasteiger partial charge on any atom is 0.119 e. The topological polar surface area (TPSA) is 9.23 Å². The Morgan fingerprint density at radius 3 is 2.00 bits per heavy atom. The number of ether oxygens (including phenoxy) is 1. The van der Waals surface area contributed by atoms with Crippen LogP contribution < -0.4 is 4.74 Å². The van der Waals surface area contributed by atoms with Crippen molar-refractivity contribution in [3.8, 4) is 5.75 Å². The van der Waals surface area contributed by atoms with Gasteiger partial charge in [-0.3, -0.25) is 0 Å². The van der Waals surface area contributed by atoms with Crippen molar-refractivity contribution in [1.29, 1.82) is 0 Å². The van der Waals surface area contributed by atoms with Crippen LogP contribution in [0.3, 0.4) is 0 Å². The zero-order valence-corrected chi connectivity index (χ0v) is 21.2. The molecule has 0 aliphatic heterocycles. The number of rotatable bonds is 10. The Labute approximate surface area is 202 Å². The third-order valence-corrected chi connectivity index (χ3v) is 6.38. The van der Waals surface area contributed by atoms with Gasteiger partial charge in [-0.1, -0.05) is 77.5 Å². The molecule has 0 heterocycles. The van der Waals surface area contributed by atoms with Gasteiger partial charge in [-0.25, -0.2) is 0 Å². The minimum Gasteiger partial charge on any atom is -0.494 e. The number of hydrogen-bond acceptors (Lipinski definition) is 1. The highest BCUT2D eigenvalue weighted by molar-refractivity contribution is 14.1. The lowest BCUT2D eigenvalue weighted by atomic mass is 9.88. The van der Waals surface area contributed by atoms with Crippen molar-refractivity contribution in [3.05, 3.63) is 99.1 Å². The Morgan fingerprint density at radius 1 is 0.767 bits per heavy atom. The summed E-state index contributed by atoms with van der Waals surface area (Å²) in [5.74, 6) is 0.942. The second-order valence-corrected chi connectivity index (χ2v) is 9.24. The van der Waals surface area contributed by atoms with Crippen LogP contribution >= 0.6 is 38.5 Å². The summed E-state index contributed by atoms with van der Waals surface area (Å²) in [5, 5.41) is 1.07. The van der Waals surface area contributed by atoms with Gasteiger partial charge in [0, 0.05) is 8.90 Å². The molecule has 1 nitrogen and oxygen atoms in total. The van der Waals surface area contributed by atoms with Gasteiger partial charge in [-0.2, -0.15) is 0 Å². The van der Waals surface area contributed by atoms with Crippen molar-refractivity contribution in [2.75, 3.05) is 11.9 Å². The number of hydrogen-bond donors (Lipinski definition) is 0. The molecule has 0 aliphatic rings. The second kappa shape index (κ2) is 12.3. The molecule has 0 atom stereocenters. The summed E-state index contributed by atoms with van der Waals surface area (Å²) in [5.41, 5.74) is 6.41. The van der Waals surface area contributed by atoms with E-state index in [4.69, 9.17) is 4.74 Å². The first-order chi connectivity index (χ1) is 14.7. The lowest BCUT2D eigenvalue weighted by Gasteiger charge is -2.17. The SMILES string of the molecule is CCC(=C(c1ccc(I)cc1)c1ccc(OCCCCCBr)cc1)c1ccccc1. The fourth-order valence-corrected chi connectivity index (χ4v) is 4.33. The molecule has 0 radical (unpaired) electrons. The number of allylic oxidation sites excluding steroid dienone is 1. The van der Waals surface area contributed by atoms with E-state index >= 15 is 0 Å². The summed E-state index contributed by atoms with van der Waals surface area (Å²) in [6.45, 7) is 3.01. The van der Waals surface area contributed by atoms with Crippen LogP contribution in [0, 0.1) is 3.57 Å². The molecule has 3 aromatic carbocycles. The molecule has 0 aliphatic carbocycles. The average Bonchev–Trinajstić information content (AvgIpc) is 2.79. The zero-order valence-electron chi connectivity index (χ0n) is 17.4. The molecule has 0 unspecified atom stereocenters. The van der Waals surface area contributed by atoms with E-state index in [-0.39, 0.29) is 0 Å².